The number of hydrogen-bond acceptors (Lipinski definition) is 5. The quantitative estimate of drug-likeness (QED) is 0.286. The third-order valence-corrected chi connectivity index (χ3v) is 5.89. The summed E-state index contributed by atoms with van der Waals surface area (Å²) in [5.74, 6) is 0.173. The number of ether oxygens (including phenoxy) is 1. The number of carbonyl (C=O) groups is 1. The summed E-state index contributed by atoms with van der Waals surface area (Å²) in [6.07, 6.45) is 1.67. The van der Waals surface area contributed by atoms with Gasteiger partial charge in [0, 0.05) is 33.2 Å². The molecule has 0 atom stereocenters. The average Bonchev–Trinajstić information content (AvgIpc) is 2.74. The first kappa shape index (κ1) is 23.4. The van der Waals surface area contributed by atoms with Crippen LogP contribution in [0, 0.1) is 0 Å². The molecule has 0 unspecified atom stereocenters. The summed E-state index contributed by atoms with van der Waals surface area (Å²) in [5, 5.41) is 4.10. The zero-order valence-corrected chi connectivity index (χ0v) is 18.5. The Morgan fingerprint density at radius 1 is 1.24 bits per heavy atom. The highest BCUT2D eigenvalue weighted by Crippen LogP contribution is 2.17. The highest BCUT2D eigenvalue weighted by atomic mass is 32.2. The van der Waals surface area contributed by atoms with E-state index in [-0.39, 0.29) is 17.2 Å². The van der Waals surface area contributed by atoms with Crippen LogP contribution in [-0.2, 0) is 16.1 Å². The summed E-state index contributed by atoms with van der Waals surface area (Å²) >= 11 is 1.32. The number of quaternary nitrogens is 1. The second-order valence-electron chi connectivity index (χ2n) is 6.91. The van der Waals surface area contributed by atoms with Crippen molar-refractivity contribution >= 4 is 28.6 Å². The SMILES string of the molecule is CC[NH+](CC)CCCn1c(SCC(=O)NCCCOC)nc2ccccc2c1=O. The maximum Gasteiger partial charge on any atom is 0.262 e. The Bertz CT molecular complexity index is 836. The van der Waals surface area contributed by atoms with Crippen molar-refractivity contribution in [1.29, 1.82) is 0 Å². The third kappa shape index (κ3) is 7.13. The minimum absolute atomic E-state index is 0.0341. The maximum absolute atomic E-state index is 13.0. The van der Waals surface area contributed by atoms with E-state index in [0.717, 1.165) is 32.5 Å². The minimum atomic E-state index is -0.0624. The van der Waals surface area contributed by atoms with Crippen molar-refractivity contribution in [2.75, 3.05) is 45.6 Å². The number of hydrogen-bond donors (Lipinski definition) is 2. The molecule has 2 rings (SSSR count). The van der Waals surface area contributed by atoms with E-state index in [2.05, 4.69) is 24.1 Å². The van der Waals surface area contributed by atoms with E-state index in [1.807, 2.05) is 24.3 Å². The molecule has 1 amide bonds. The second kappa shape index (κ2) is 12.6. The van der Waals surface area contributed by atoms with Gasteiger partial charge in [-0.3, -0.25) is 14.2 Å². The van der Waals surface area contributed by atoms with Gasteiger partial charge in [0.1, 0.15) is 0 Å². The topological polar surface area (TPSA) is 77.7 Å². The molecule has 29 heavy (non-hydrogen) atoms. The first-order valence-corrected chi connectivity index (χ1v) is 11.3. The lowest BCUT2D eigenvalue weighted by Crippen LogP contribution is -3.11. The molecule has 2 N–H and O–H groups in total. The molecule has 0 radical (unpaired) electrons. The van der Waals surface area contributed by atoms with Crippen molar-refractivity contribution < 1.29 is 14.4 Å². The largest absolute Gasteiger partial charge is 0.385 e. The van der Waals surface area contributed by atoms with Crippen molar-refractivity contribution in [3.63, 3.8) is 0 Å². The fourth-order valence-electron chi connectivity index (χ4n) is 3.17. The number of carbonyl (C=O) groups excluding carboxylic acids is 1. The highest BCUT2D eigenvalue weighted by Gasteiger charge is 2.14. The summed E-state index contributed by atoms with van der Waals surface area (Å²) in [4.78, 5) is 31.4. The van der Waals surface area contributed by atoms with Gasteiger partial charge in [0.2, 0.25) is 5.91 Å². The second-order valence-corrected chi connectivity index (χ2v) is 7.86. The first-order chi connectivity index (χ1) is 14.1. The number of nitrogens with zero attached hydrogens (tertiary/aromatic N) is 2. The Morgan fingerprint density at radius 3 is 2.72 bits per heavy atom. The van der Waals surface area contributed by atoms with Crippen LogP contribution in [0.25, 0.3) is 10.9 Å². The number of thioether (sulfide) groups is 1. The van der Waals surface area contributed by atoms with Crippen molar-refractivity contribution in [1.82, 2.24) is 14.9 Å². The summed E-state index contributed by atoms with van der Waals surface area (Å²) in [7, 11) is 1.64. The Morgan fingerprint density at radius 2 is 2.00 bits per heavy atom. The van der Waals surface area contributed by atoms with Crippen LogP contribution in [0.5, 0.6) is 0 Å². The lowest BCUT2D eigenvalue weighted by atomic mass is 10.2. The van der Waals surface area contributed by atoms with Gasteiger partial charge in [-0.2, -0.15) is 0 Å². The standard InChI is InChI=1S/C21H32N4O3S/c1-4-24(5-2)13-9-14-25-20(27)17-10-6-7-11-18(17)23-21(25)29-16-19(26)22-12-8-15-28-3/h6-7,10-11H,4-5,8-9,12-16H2,1-3H3,(H,22,26)/p+1. The van der Waals surface area contributed by atoms with Gasteiger partial charge in [-0.05, 0) is 32.4 Å². The lowest BCUT2D eigenvalue weighted by Gasteiger charge is -2.17. The molecule has 0 aliphatic heterocycles. The van der Waals surface area contributed by atoms with Crippen molar-refractivity contribution in [2.24, 2.45) is 0 Å². The molecule has 0 saturated heterocycles. The molecule has 0 spiro atoms. The molecular weight excluding hydrogens is 388 g/mol. The van der Waals surface area contributed by atoms with E-state index in [4.69, 9.17) is 4.74 Å². The molecule has 0 bridgehead atoms. The highest BCUT2D eigenvalue weighted by molar-refractivity contribution is 7.99. The van der Waals surface area contributed by atoms with Crippen LogP contribution in [0.4, 0.5) is 0 Å². The van der Waals surface area contributed by atoms with Crippen molar-refractivity contribution in [2.45, 2.75) is 38.4 Å². The fourth-order valence-corrected chi connectivity index (χ4v) is 4.03. The van der Waals surface area contributed by atoms with Gasteiger partial charge in [0.25, 0.3) is 5.56 Å². The minimum Gasteiger partial charge on any atom is -0.385 e. The van der Waals surface area contributed by atoms with Crippen LogP contribution >= 0.6 is 11.8 Å². The normalized spacial score (nSPS) is 11.3. The van der Waals surface area contributed by atoms with Gasteiger partial charge in [-0.15, -0.1) is 0 Å². The zero-order valence-electron chi connectivity index (χ0n) is 17.7. The predicted molar refractivity (Wildman–Crippen MR) is 118 cm³/mol. The molecule has 8 heteroatoms. The van der Waals surface area contributed by atoms with Crippen molar-refractivity contribution in [3.05, 3.63) is 34.6 Å². The third-order valence-electron chi connectivity index (χ3n) is 4.92. The molecule has 1 aromatic heterocycles. The van der Waals surface area contributed by atoms with E-state index < -0.39 is 0 Å². The molecule has 1 heterocycles. The predicted octanol–water partition coefficient (Wildman–Crippen LogP) is 0.956. The van der Waals surface area contributed by atoms with Gasteiger partial charge in [-0.1, -0.05) is 23.9 Å². The summed E-state index contributed by atoms with van der Waals surface area (Å²) in [5.41, 5.74) is 0.638. The molecule has 0 fully saturated rings. The first-order valence-electron chi connectivity index (χ1n) is 10.3. The Kier molecular flexibility index (Phi) is 10.2. The molecule has 2 aromatic rings. The van der Waals surface area contributed by atoms with Crippen LogP contribution in [0.2, 0.25) is 0 Å². The molecule has 160 valence electrons. The Balaban J connectivity index is 2.11. The maximum atomic E-state index is 13.0. The summed E-state index contributed by atoms with van der Waals surface area (Å²) < 4.78 is 6.72. The number of methoxy groups -OCH3 is 1. The zero-order chi connectivity index (χ0) is 21.1. The summed E-state index contributed by atoms with van der Waals surface area (Å²) in [6, 6.07) is 7.39. The Labute approximate surface area is 176 Å². The average molecular weight is 422 g/mol. The van der Waals surface area contributed by atoms with E-state index in [0.29, 0.717) is 35.8 Å². The number of nitrogens with one attached hydrogen (secondary N) is 2. The number of fused-ring (bicyclic) bond motifs is 1. The van der Waals surface area contributed by atoms with E-state index in [9.17, 15) is 9.59 Å². The molecule has 1 aromatic carbocycles. The monoisotopic (exact) mass is 421 g/mol. The van der Waals surface area contributed by atoms with Crippen LogP contribution in [-0.4, -0.2) is 61.1 Å². The van der Waals surface area contributed by atoms with Crippen LogP contribution in [0.1, 0.15) is 26.7 Å². The van der Waals surface area contributed by atoms with Crippen LogP contribution < -0.4 is 15.8 Å². The molecular formula is C21H33N4O3S+. The van der Waals surface area contributed by atoms with Gasteiger partial charge < -0.3 is 15.0 Å². The van der Waals surface area contributed by atoms with Gasteiger partial charge in [0.15, 0.2) is 5.16 Å². The molecule has 0 aliphatic rings. The van der Waals surface area contributed by atoms with Gasteiger partial charge in [0.05, 0.1) is 36.3 Å². The van der Waals surface area contributed by atoms with Crippen LogP contribution in [0.3, 0.4) is 0 Å². The number of amides is 1. The fraction of sp³-hybridized carbons (Fsp3) is 0.571. The van der Waals surface area contributed by atoms with Crippen molar-refractivity contribution in [3.8, 4) is 0 Å². The van der Waals surface area contributed by atoms with E-state index >= 15 is 0 Å². The van der Waals surface area contributed by atoms with E-state index in [1.54, 1.807) is 11.7 Å². The lowest BCUT2D eigenvalue weighted by molar-refractivity contribution is -0.896. The molecule has 0 aliphatic carbocycles. The van der Waals surface area contributed by atoms with E-state index in [1.165, 1.54) is 16.7 Å². The van der Waals surface area contributed by atoms with Crippen LogP contribution in [0.15, 0.2) is 34.2 Å². The Hall–Kier alpha value is -1.90. The number of benzene rings is 1. The number of aromatic nitrogens is 2. The number of rotatable bonds is 13. The van der Waals surface area contributed by atoms with Gasteiger partial charge >= 0.3 is 0 Å². The smallest absolute Gasteiger partial charge is 0.262 e. The number of para-hydroxylation sites is 1. The summed E-state index contributed by atoms with van der Waals surface area (Å²) in [6.45, 7) is 9.32. The molecule has 7 nitrogen and oxygen atoms in total. The van der Waals surface area contributed by atoms with Gasteiger partial charge in [-0.25, -0.2) is 4.98 Å². The molecule has 0 saturated carbocycles.